The standard InChI is InChI=1S/C18H14N4O2/c1-2-16-21-17(22-24-16)13-5-7-14(8-6-13)18(23)20-15-9-3-12(11-19)4-10-15/h3-10H,2H2,1H3,(H,20,23). The van der Waals surface area contributed by atoms with Crippen molar-refractivity contribution in [3.05, 3.63) is 65.5 Å². The third kappa shape index (κ3) is 3.31. The molecule has 1 heterocycles. The monoisotopic (exact) mass is 318 g/mol. The zero-order valence-electron chi connectivity index (χ0n) is 13.0. The number of nitrogens with zero attached hydrogens (tertiary/aromatic N) is 3. The van der Waals surface area contributed by atoms with Crippen LogP contribution in [0.2, 0.25) is 0 Å². The summed E-state index contributed by atoms with van der Waals surface area (Å²) in [5, 5.41) is 15.5. The van der Waals surface area contributed by atoms with Gasteiger partial charge in [-0.15, -0.1) is 0 Å². The number of nitrogens with one attached hydrogen (secondary N) is 1. The van der Waals surface area contributed by atoms with E-state index in [1.807, 2.05) is 13.0 Å². The van der Waals surface area contributed by atoms with Crippen molar-refractivity contribution < 1.29 is 9.32 Å². The number of hydrogen-bond acceptors (Lipinski definition) is 5. The van der Waals surface area contributed by atoms with Gasteiger partial charge in [0, 0.05) is 23.2 Å². The summed E-state index contributed by atoms with van der Waals surface area (Å²) in [6.07, 6.45) is 0.679. The fraction of sp³-hybridized carbons (Fsp3) is 0.111. The van der Waals surface area contributed by atoms with Gasteiger partial charge >= 0.3 is 0 Å². The van der Waals surface area contributed by atoms with Crippen molar-refractivity contribution in [2.45, 2.75) is 13.3 Å². The lowest BCUT2D eigenvalue weighted by molar-refractivity contribution is 0.102. The third-order valence-corrected chi connectivity index (χ3v) is 3.45. The number of aromatic nitrogens is 2. The Hall–Kier alpha value is -3.46. The van der Waals surface area contributed by atoms with Gasteiger partial charge in [-0.2, -0.15) is 10.2 Å². The molecule has 1 amide bonds. The third-order valence-electron chi connectivity index (χ3n) is 3.45. The van der Waals surface area contributed by atoms with Gasteiger partial charge in [0.25, 0.3) is 5.91 Å². The van der Waals surface area contributed by atoms with Crippen molar-refractivity contribution in [1.29, 1.82) is 5.26 Å². The molecule has 1 N–H and O–H groups in total. The summed E-state index contributed by atoms with van der Waals surface area (Å²) in [6, 6.07) is 15.7. The average Bonchev–Trinajstić information content (AvgIpc) is 3.11. The summed E-state index contributed by atoms with van der Waals surface area (Å²) < 4.78 is 5.08. The molecule has 0 aliphatic carbocycles. The van der Waals surface area contributed by atoms with Gasteiger partial charge in [-0.1, -0.05) is 24.2 Å². The molecule has 118 valence electrons. The van der Waals surface area contributed by atoms with Gasteiger partial charge in [-0.25, -0.2) is 0 Å². The molecule has 0 unspecified atom stereocenters. The van der Waals surface area contributed by atoms with Crippen LogP contribution in [0, 0.1) is 11.3 Å². The molecule has 1 aromatic heterocycles. The van der Waals surface area contributed by atoms with Crippen LogP contribution in [0.3, 0.4) is 0 Å². The minimum absolute atomic E-state index is 0.228. The van der Waals surface area contributed by atoms with E-state index in [1.165, 1.54) is 0 Å². The molecule has 24 heavy (non-hydrogen) atoms. The molecule has 3 aromatic rings. The summed E-state index contributed by atoms with van der Waals surface area (Å²) in [5.41, 5.74) is 2.48. The molecule has 0 saturated carbocycles. The number of aryl methyl sites for hydroxylation is 1. The fourth-order valence-corrected chi connectivity index (χ4v) is 2.12. The van der Waals surface area contributed by atoms with E-state index in [4.69, 9.17) is 9.78 Å². The Morgan fingerprint density at radius 1 is 1.17 bits per heavy atom. The van der Waals surface area contributed by atoms with E-state index in [0.717, 1.165) is 5.56 Å². The molecule has 6 heteroatoms. The fourth-order valence-electron chi connectivity index (χ4n) is 2.12. The summed E-state index contributed by atoms with van der Waals surface area (Å²) in [4.78, 5) is 16.5. The van der Waals surface area contributed by atoms with Crippen LogP contribution in [0.5, 0.6) is 0 Å². The maximum atomic E-state index is 12.2. The first kappa shape index (κ1) is 15.4. The van der Waals surface area contributed by atoms with E-state index in [0.29, 0.717) is 35.0 Å². The summed E-state index contributed by atoms with van der Waals surface area (Å²) in [6.45, 7) is 1.94. The zero-order valence-corrected chi connectivity index (χ0v) is 13.0. The van der Waals surface area contributed by atoms with Crippen LogP contribution in [0.4, 0.5) is 5.69 Å². The Bertz CT molecular complexity index is 890. The topological polar surface area (TPSA) is 91.8 Å². The van der Waals surface area contributed by atoms with E-state index in [-0.39, 0.29) is 5.91 Å². The number of nitriles is 1. The van der Waals surface area contributed by atoms with Crippen molar-refractivity contribution in [3.8, 4) is 17.5 Å². The molecular weight excluding hydrogens is 304 g/mol. The van der Waals surface area contributed by atoms with E-state index in [2.05, 4.69) is 15.5 Å². The van der Waals surface area contributed by atoms with Gasteiger partial charge in [0.2, 0.25) is 11.7 Å². The van der Waals surface area contributed by atoms with Crippen molar-refractivity contribution in [3.63, 3.8) is 0 Å². The van der Waals surface area contributed by atoms with Gasteiger partial charge in [0.1, 0.15) is 0 Å². The highest BCUT2D eigenvalue weighted by atomic mass is 16.5. The molecule has 0 radical (unpaired) electrons. The normalized spacial score (nSPS) is 10.2. The molecule has 3 rings (SSSR count). The molecule has 0 fully saturated rings. The maximum absolute atomic E-state index is 12.2. The summed E-state index contributed by atoms with van der Waals surface area (Å²) in [7, 11) is 0. The van der Waals surface area contributed by atoms with E-state index >= 15 is 0 Å². The molecule has 2 aromatic carbocycles. The molecule has 0 spiro atoms. The number of hydrogen-bond donors (Lipinski definition) is 1. The largest absolute Gasteiger partial charge is 0.339 e. The van der Waals surface area contributed by atoms with Crippen molar-refractivity contribution in [2.24, 2.45) is 0 Å². The van der Waals surface area contributed by atoms with Gasteiger partial charge < -0.3 is 9.84 Å². The Morgan fingerprint density at radius 2 is 1.88 bits per heavy atom. The average molecular weight is 318 g/mol. The highest BCUT2D eigenvalue weighted by molar-refractivity contribution is 6.04. The first-order valence-corrected chi connectivity index (χ1v) is 7.44. The molecule has 0 aliphatic heterocycles. The molecule has 0 aliphatic rings. The Labute approximate surface area is 138 Å². The van der Waals surface area contributed by atoms with Crippen LogP contribution in [0.15, 0.2) is 53.1 Å². The summed E-state index contributed by atoms with van der Waals surface area (Å²) in [5.74, 6) is 0.854. The lowest BCUT2D eigenvalue weighted by Crippen LogP contribution is -2.11. The summed E-state index contributed by atoms with van der Waals surface area (Å²) >= 11 is 0. The number of benzene rings is 2. The minimum atomic E-state index is -0.228. The second-order valence-corrected chi connectivity index (χ2v) is 5.09. The van der Waals surface area contributed by atoms with Crippen LogP contribution >= 0.6 is 0 Å². The quantitative estimate of drug-likeness (QED) is 0.795. The maximum Gasteiger partial charge on any atom is 0.255 e. The smallest absolute Gasteiger partial charge is 0.255 e. The van der Waals surface area contributed by atoms with Gasteiger partial charge in [-0.3, -0.25) is 4.79 Å². The second kappa shape index (κ2) is 6.75. The van der Waals surface area contributed by atoms with E-state index in [1.54, 1.807) is 48.5 Å². The van der Waals surface area contributed by atoms with E-state index in [9.17, 15) is 4.79 Å². The lowest BCUT2D eigenvalue weighted by Gasteiger charge is -2.05. The van der Waals surface area contributed by atoms with Crippen LogP contribution in [-0.4, -0.2) is 16.0 Å². The Morgan fingerprint density at radius 3 is 2.46 bits per heavy atom. The Kier molecular flexibility index (Phi) is 4.34. The second-order valence-electron chi connectivity index (χ2n) is 5.09. The highest BCUT2D eigenvalue weighted by Crippen LogP contribution is 2.18. The molecule has 0 atom stereocenters. The molecular formula is C18H14N4O2. The number of carbonyl (C=O) groups excluding carboxylic acids is 1. The lowest BCUT2D eigenvalue weighted by atomic mass is 10.1. The van der Waals surface area contributed by atoms with Crippen LogP contribution in [0.25, 0.3) is 11.4 Å². The first-order chi connectivity index (χ1) is 11.7. The number of amides is 1. The molecule has 6 nitrogen and oxygen atoms in total. The minimum Gasteiger partial charge on any atom is -0.339 e. The van der Waals surface area contributed by atoms with Crippen molar-refractivity contribution >= 4 is 11.6 Å². The van der Waals surface area contributed by atoms with Crippen LogP contribution in [-0.2, 0) is 6.42 Å². The van der Waals surface area contributed by atoms with Gasteiger partial charge in [0.15, 0.2) is 0 Å². The van der Waals surface area contributed by atoms with Crippen LogP contribution < -0.4 is 5.32 Å². The van der Waals surface area contributed by atoms with Gasteiger partial charge in [0.05, 0.1) is 11.6 Å². The van der Waals surface area contributed by atoms with Crippen LogP contribution in [0.1, 0.15) is 28.7 Å². The zero-order chi connectivity index (χ0) is 16.9. The number of carbonyl (C=O) groups is 1. The highest BCUT2D eigenvalue weighted by Gasteiger charge is 2.10. The molecule has 0 saturated heterocycles. The Balaban J connectivity index is 1.72. The first-order valence-electron chi connectivity index (χ1n) is 7.44. The predicted molar refractivity (Wildman–Crippen MR) is 88.2 cm³/mol. The number of rotatable bonds is 4. The van der Waals surface area contributed by atoms with E-state index < -0.39 is 0 Å². The van der Waals surface area contributed by atoms with Crippen molar-refractivity contribution in [2.75, 3.05) is 5.32 Å². The van der Waals surface area contributed by atoms with Gasteiger partial charge in [-0.05, 0) is 36.4 Å². The SMILES string of the molecule is CCc1nc(-c2ccc(C(=O)Nc3ccc(C#N)cc3)cc2)no1. The van der Waals surface area contributed by atoms with Crippen molar-refractivity contribution in [1.82, 2.24) is 10.1 Å². The molecule has 0 bridgehead atoms. The predicted octanol–water partition coefficient (Wildman–Crippen LogP) is 3.42. The number of anilines is 1.